The molecule has 4 rings (SSSR count). The van der Waals surface area contributed by atoms with Crippen molar-refractivity contribution in [3.63, 3.8) is 0 Å². The SMILES string of the molecule is COc1ccc(S(=O)(=O)N2CCOCC2)cc1CCC(=O)Nc1ccc2c(c1)sc(=O)n2C. The number of thiazole rings is 1. The molecule has 0 radical (unpaired) electrons. The van der Waals surface area contributed by atoms with Crippen molar-refractivity contribution in [3.8, 4) is 5.75 Å². The number of amides is 1. The predicted molar refractivity (Wildman–Crippen MR) is 127 cm³/mol. The van der Waals surface area contributed by atoms with E-state index < -0.39 is 10.0 Å². The van der Waals surface area contributed by atoms with Crippen molar-refractivity contribution in [2.75, 3.05) is 38.7 Å². The first-order chi connectivity index (χ1) is 15.8. The van der Waals surface area contributed by atoms with E-state index in [2.05, 4.69) is 5.32 Å². The van der Waals surface area contributed by atoms with Crippen LogP contribution in [0.2, 0.25) is 0 Å². The zero-order valence-electron chi connectivity index (χ0n) is 18.4. The van der Waals surface area contributed by atoms with E-state index in [0.717, 1.165) is 21.6 Å². The Morgan fingerprint density at radius 1 is 1.18 bits per heavy atom. The molecule has 1 saturated heterocycles. The van der Waals surface area contributed by atoms with Gasteiger partial charge in [-0.1, -0.05) is 11.3 Å². The van der Waals surface area contributed by atoms with Gasteiger partial charge in [-0.05, 0) is 48.4 Å². The number of morpholine rings is 1. The molecule has 1 N–H and O–H groups in total. The Morgan fingerprint density at radius 3 is 2.67 bits per heavy atom. The first kappa shape index (κ1) is 23.4. The molecule has 11 heteroatoms. The zero-order chi connectivity index (χ0) is 23.6. The predicted octanol–water partition coefficient (Wildman–Crippen LogP) is 2.20. The molecule has 1 amide bonds. The fourth-order valence-electron chi connectivity index (χ4n) is 3.73. The van der Waals surface area contributed by atoms with Gasteiger partial charge >= 0.3 is 4.87 Å². The highest BCUT2D eigenvalue weighted by Gasteiger charge is 2.27. The molecule has 0 aliphatic carbocycles. The smallest absolute Gasteiger partial charge is 0.307 e. The van der Waals surface area contributed by atoms with Gasteiger partial charge in [0.15, 0.2) is 0 Å². The summed E-state index contributed by atoms with van der Waals surface area (Å²) in [6.45, 7) is 1.36. The second-order valence-corrected chi connectivity index (χ2v) is 10.6. The molecule has 1 aliphatic rings. The highest BCUT2D eigenvalue weighted by atomic mass is 32.2. The van der Waals surface area contributed by atoms with Gasteiger partial charge in [-0.2, -0.15) is 4.31 Å². The van der Waals surface area contributed by atoms with E-state index in [1.54, 1.807) is 41.9 Å². The molecule has 3 aromatic rings. The third-order valence-electron chi connectivity index (χ3n) is 5.56. The first-order valence-electron chi connectivity index (χ1n) is 10.4. The maximum atomic E-state index is 13.0. The van der Waals surface area contributed by atoms with Crippen LogP contribution in [0.25, 0.3) is 10.2 Å². The van der Waals surface area contributed by atoms with Crippen LogP contribution in [0.4, 0.5) is 5.69 Å². The van der Waals surface area contributed by atoms with Crippen LogP contribution in [-0.4, -0.2) is 56.6 Å². The van der Waals surface area contributed by atoms with Crippen LogP contribution < -0.4 is 14.9 Å². The number of hydrogen-bond acceptors (Lipinski definition) is 7. The number of sulfonamides is 1. The van der Waals surface area contributed by atoms with E-state index >= 15 is 0 Å². The van der Waals surface area contributed by atoms with Crippen LogP contribution in [0.1, 0.15) is 12.0 Å². The minimum atomic E-state index is -3.65. The number of nitrogens with zero attached hydrogens (tertiary/aromatic N) is 2. The number of methoxy groups -OCH3 is 1. The molecule has 0 unspecified atom stereocenters. The summed E-state index contributed by atoms with van der Waals surface area (Å²) in [5.41, 5.74) is 2.05. The summed E-state index contributed by atoms with van der Waals surface area (Å²) in [7, 11) is -0.430. The molecular weight excluding hydrogens is 466 g/mol. The Kier molecular flexibility index (Phi) is 6.84. The average Bonchev–Trinajstić information content (AvgIpc) is 3.10. The molecule has 2 aromatic carbocycles. The highest BCUT2D eigenvalue weighted by molar-refractivity contribution is 7.89. The first-order valence-corrected chi connectivity index (χ1v) is 12.7. The van der Waals surface area contributed by atoms with Gasteiger partial charge < -0.3 is 19.4 Å². The van der Waals surface area contributed by atoms with Crippen LogP contribution in [0.5, 0.6) is 5.75 Å². The molecule has 0 spiro atoms. The van der Waals surface area contributed by atoms with Crippen molar-refractivity contribution in [1.29, 1.82) is 0 Å². The topological polar surface area (TPSA) is 107 Å². The van der Waals surface area contributed by atoms with Gasteiger partial charge in [0.05, 0.1) is 35.4 Å². The summed E-state index contributed by atoms with van der Waals surface area (Å²) in [5.74, 6) is 0.306. The van der Waals surface area contributed by atoms with Crippen molar-refractivity contribution in [2.45, 2.75) is 17.7 Å². The monoisotopic (exact) mass is 491 g/mol. The number of rotatable bonds is 7. The number of benzene rings is 2. The minimum Gasteiger partial charge on any atom is -0.496 e. The lowest BCUT2D eigenvalue weighted by Gasteiger charge is -2.26. The molecule has 176 valence electrons. The molecule has 0 atom stereocenters. The molecule has 0 bridgehead atoms. The lowest BCUT2D eigenvalue weighted by Crippen LogP contribution is -2.40. The summed E-state index contributed by atoms with van der Waals surface area (Å²) >= 11 is 1.12. The lowest BCUT2D eigenvalue weighted by molar-refractivity contribution is -0.116. The van der Waals surface area contributed by atoms with E-state index in [1.807, 2.05) is 0 Å². The molecular formula is C22H25N3O6S2. The minimum absolute atomic E-state index is 0.0625. The average molecular weight is 492 g/mol. The number of carbonyl (C=O) groups is 1. The van der Waals surface area contributed by atoms with E-state index in [1.165, 1.54) is 17.5 Å². The fourth-order valence-corrected chi connectivity index (χ4v) is 6.11. The van der Waals surface area contributed by atoms with Crippen molar-refractivity contribution < 1.29 is 22.7 Å². The molecule has 1 fully saturated rings. The molecule has 1 aliphatic heterocycles. The Morgan fingerprint density at radius 2 is 1.94 bits per heavy atom. The van der Waals surface area contributed by atoms with Crippen LogP contribution in [-0.2, 0) is 33.0 Å². The third-order valence-corrected chi connectivity index (χ3v) is 8.45. The Balaban J connectivity index is 1.47. The van der Waals surface area contributed by atoms with Crippen molar-refractivity contribution in [1.82, 2.24) is 8.87 Å². The van der Waals surface area contributed by atoms with Crippen LogP contribution >= 0.6 is 11.3 Å². The summed E-state index contributed by atoms with van der Waals surface area (Å²) in [6.07, 6.45) is 0.447. The summed E-state index contributed by atoms with van der Waals surface area (Å²) in [4.78, 5) is 24.5. The van der Waals surface area contributed by atoms with Crippen molar-refractivity contribution in [3.05, 3.63) is 51.6 Å². The maximum Gasteiger partial charge on any atom is 0.307 e. The summed E-state index contributed by atoms with van der Waals surface area (Å²) in [5, 5.41) is 2.84. The molecule has 0 saturated carbocycles. The third kappa shape index (κ3) is 4.96. The van der Waals surface area contributed by atoms with Gasteiger partial charge in [0.25, 0.3) is 0 Å². The van der Waals surface area contributed by atoms with E-state index in [4.69, 9.17) is 9.47 Å². The van der Waals surface area contributed by atoms with Gasteiger partial charge in [0.1, 0.15) is 5.75 Å². The second kappa shape index (κ2) is 9.64. The van der Waals surface area contributed by atoms with E-state index in [9.17, 15) is 18.0 Å². The number of ether oxygens (including phenoxy) is 2. The van der Waals surface area contributed by atoms with Crippen LogP contribution in [0.15, 0.2) is 46.1 Å². The van der Waals surface area contributed by atoms with E-state index in [0.29, 0.717) is 49.7 Å². The van der Waals surface area contributed by atoms with Gasteiger partial charge in [-0.3, -0.25) is 9.59 Å². The number of nitrogens with one attached hydrogen (secondary N) is 1. The Labute approximate surface area is 195 Å². The molecule has 1 aromatic heterocycles. The van der Waals surface area contributed by atoms with Crippen molar-refractivity contribution in [2.24, 2.45) is 7.05 Å². The number of anilines is 1. The quantitative estimate of drug-likeness (QED) is 0.543. The normalized spacial score (nSPS) is 15.0. The second-order valence-electron chi connectivity index (χ2n) is 7.65. The van der Waals surface area contributed by atoms with Gasteiger partial charge in [0.2, 0.25) is 15.9 Å². The van der Waals surface area contributed by atoms with Crippen molar-refractivity contribution >= 4 is 43.2 Å². The lowest BCUT2D eigenvalue weighted by atomic mass is 10.1. The standard InChI is InChI=1S/C22H25N3O6S2/c1-24-18-6-4-16(14-20(18)32-22(24)27)23-21(26)8-3-15-13-17(5-7-19(15)30-2)33(28,29)25-9-11-31-12-10-25/h4-7,13-14H,3,8-12H2,1-2H3,(H,23,26). The Hall–Kier alpha value is -2.73. The van der Waals surface area contributed by atoms with Gasteiger partial charge in [0, 0.05) is 32.2 Å². The number of aromatic nitrogens is 1. The largest absolute Gasteiger partial charge is 0.496 e. The highest BCUT2D eigenvalue weighted by Crippen LogP contribution is 2.27. The number of carbonyl (C=O) groups excluding carboxylic acids is 1. The molecule has 2 heterocycles. The zero-order valence-corrected chi connectivity index (χ0v) is 20.0. The van der Waals surface area contributed by atoms with Crippen LogP contribution in [0, 0.1) is 0 Å². The number of hydrogen-bond donors (Lipinski definition) is 1. The Bertz CT molecular complexity index is 1340. The summed E-state index contributed by atoms with van der Waals surface area (Å²) in [6, 6.07) is 10.0. The molecule has 33 heavy (non-hydrogen) atoms. The maximum absolute atomic E-state index is 13.0. The van der Waals surface area contributed by atoms with E-state index in [-0.39, 0.29) is 22.1 Å². The number of aryl methyl sites for hydroxylation is 2. The van der Waals surface area contributed by atoms with Crippen LogP contribution in [0.3, 0.4) is 0 Å². The number of fused-ring (bicyclic) bond motifs is 1. The fraction of sp³-hybridized carbons (Fsp3) is 0.364. The van der Waals surface area contributed by atoms with Gasteiger partial charge in [-0.15, -0.1) is 0 Å². The molecule has 9 nitrogen and oxygen atoms in total. The van der Waals surface area contributed by atoms with Gasteiger partial charge in [-0.25, -0.2) is 8.42 Å². The summed E-state index contributed by atoms with van der Waals surface area (Å²) < 4.78 is 40.4.